The second-order valence-electron chi connectivity index (χ2n) is 8.35. The van der Waals surface area contributed by atoms with Crippen LogP contribution in [0.15, 0.2) is 65.8 Å². The molecule has 3 aromatic rings. The molecule has 1 amide bonds. The van der Waals surface area contributed by atoms with Crippen molar-refractivity contribution in [3.63, 3.8) is 0 Å². The van der Waals surface area contributed by atoms with E-state index in [0.717, 1.165) is 74.4 Å². The van der Waals surface area contributed by atoms with Gasteiger partial charge in [-0.25, -0.2) is 0 Å². The summed E-state index contributed by atoms with van der Waals surface area (Å²) in [7, 11) is 0. The molecule has 0 spiro atoms. The van der Waals surface area contributed by atoms with Crippen LogP contribution in [0.2, 0.25) is 0 Å². The molecular formula is C26H33N5OS. The molecular weight excluding hydrogens is 430 g/mol. The van der Waals surface area contributed by atoms with Crippen molar-refractivity contribution < 1.29 is 4.79 Å². The molecule has 1 saturated heterocycles. The molecule has 1 aromatic heterocycles. The van der Waals surface area contributed by atoms with Crippen molar-refractivity contribution in [2.45, 2.75) is 37.8 Å². The van der Waals surface area contributed by atoms with Gasteiger partial charge in [0, 0.05) is 50.5 Å². The van der Waals surface area contributed by atoms with Gasteiger partial charge < -0.3 is 9.80 Å². The summed E-state index contributed by atoms with van der Waals surface area (Å²) in [5.74, 6) is 2.16. The predicted octanol–water partition coefficient (Wildman–Crippen LogP) is 4.28. The molecule has 0 atom stereocenters. The van der Waals surface area contributed by atoms with Crippen LogP contribution >= 0.6 is 11.8 Å². The van der Waals surface area contributed by atoms with Gasteiger partial charge in [0.2, 0.25) is 5.91 Å². The maximum absolute atomic E-state index is 12.5. The van der Waals surface area contributed by atoms with Gasteiger partial charge in [-0.15, -0.1) is 10.2 Å². The van der Waals surface area contributed by atoms with Crippen molar-refractivity contribution in [2.24, 2.45) is 0 Å². The van der Waals surface area contributed by atoms with Crippen LogP contribution in [0.4, 0.5) is 0 Å². The fourth-order valence-corrected chi connectivity index (χ4v) is 5.11. The number of rotatable bonds is 10. The number of unbranched alkanes of at least 4 members (excludes halogenated alkanes) is 1. The zero-order valence-electron chi connectivity index (χ0n) is 19.4. The third-order valence-corrected chi connectivity index (χ3v) is 7.12. The fourth-order valence-electron chi connectivity index (χ4n) is 4.14. The van der Waals surface area contributed by atoms with E-state index in [9.17, 15) is 4.79 Å². The highest BCUT2D eigenvalue weighted by Gasteiger charge is 2.20. The summed E-state index contributed by atoms with van der Waals surface area (Å²) in [6.07, 6.45) is 3.28. The summed E-state index contributed by atoms with van der Waals surface area (Å²) in [5.41, 5.74) is 2.30. The van der Waals surface area contributed by atoms with E-state index in [1.54, 1.807) is 11.8 Å². The van der Waals surface area contributed by atoms with E-state index < -0.39 is 0 Å². The monoisotopic (exact) mass is 463 g/mol. The van der Waals surface area contributed by atoms with Gasteiger partial charge in [-0.2, -0.15) is 0 Å². The maximum atomic E-state index is 12.5. The minimum atomic E-state index is 0.299. The molecule has 0 unspecified atom stereocenters. The van der Waals surface area contributed by atoms with Crippen LogP contribution in [0.3, 0.4) is 0 Å². The third kappa shape index (κ3) is 6.45. The van der Waals surface area contributed by atoms with Crippen molar-refractivity contribution in [1.29, 1.82) is 0 Å². The molecule has 1 fully saturated rings. The quantitative estimate of drug-likeness (QED) is 0.332. The van der Waals surface area contributed by atoms with Crippen LogP contribution in [0, 0.1) is 0 Å². The highest BCUT2D eigenvalue weighted by Crippen LogP contribution is 2.24. The minimum absolute atomic E-state index is 0.299. The van der Waals surface area contributed by atoms with Crippen LogP contribution < -0.4 is 0 Å². The predicted molar refractivity (Wildman–Crippen MR) is 134 cm³/mol. The number of nitrogens with zero attached hydrogens (tertiary/aromatic N) is 5. The summed E-state index contributed by atoms with van der Waals surface area (Å²) in [6.45, 7) is 6.98. The second kappa shape index (κ2) is 12.0. The fraction of sp³-hybridized carbons (Fsp3) is 0.423. The summed E-state index contributed by atoms with van der Waals surface area (Å²) < 4.78 is 2.16. The highest BCUT2D eigenvalue weighted by atomic mass is 32.2. The van der Waals surface area contributed by atoms with Crippen LogP contribution in [0.5, 0.6) is 0 Å². The zero-order chi connectivity index (χ0) is 22.9. The Morgan fingerprint density at radius 2 is 1.61 bits per heavy atom. The normalized spacial score (nSPS) is 14.5. The number of carbonyl (C=O) groups is 1. The van der Waals surface area contributed by atoms with Crippen molar-refractivity contribution in [1.82, 2.24) is 24.6 Å². The van der Waals surface area contributed by atoms with E-state index in [4.69, 9.17) is 0 Å². The number of piperazine rings is 1. The molecule has 6 nitrogen and oxygen atoms in total. The van der Waals surface area contributed by atoms with E-state index in [0.29, 0.717) is 12.3 Å². The molecule has 0 bridgehead atoms. The first-order valence-electron chi connectivity index (χ1n) is 11.9. The Morgan fingerprint density at radius 1 is 0.909 bits per heavy atom. The molecule has 33 heavy (non-hydrogen) atoms. The van der Waals surface area contributed by atoms with Gasteiger partial charge in [0.05, 0.1) is 0 Å². The van der Waals surface area contributed by atoms with Gasteiger partial charge >= 0.3 is 0 Å². The maximum Gasteiger partial charge on any atom is 0.222 e. The Bertz CT molecular complexity index is 1000. The Morgan fingerprint density at radius 3 is 2.30 bits per heavy atom. The first-order valence-corrected chi connectivity index (χ1v) is 12.9. The highest BCUT2D eigenvalue weighted by molar-refractivity contribution is 7.99. The number of amides is 1. The Hall–Kier alpha value is -2.64. The number of benzene rings is 2. The van der Waals surface area contributed by atoms with Crippen molar-refractivity contribution in [2.75, 3.05) is 38.5 Å². The van der Waals surface area contributed by atoms with Gasteiger partial charge in [0.1, 0.15) is 5.82 Å². The Labute approximate surface area is 201 Å². The number of hydrogen-bond acceptors (Lipinski definition) is 5. The molecule has 4 rings (SSSR count). The van der Waals surface area contributed by atoms with Gasteiger partial charge in [0.25, 0.3) is 0 Å². The van der Waals surface area contributed by atoms with E-state index in [1.807, 2.05) is 29.2 Å². The molecule has 2 heterocycles. The second-order valence-corrected chi connectivity index (χ2v) is 9.41. The van der Waals surface area contributed by atoms with Crippen molar-refractivity contribution in [3.05, 3.63) is 72.1 Å². The first kappa shape index (κ1) is 23.5. The molecule has 0 N–H and O–H groups in total. The number of likely N-dealkylation sites (N-methyl/N-ethyl adjacent to an activating group) is 1. The summed E-state index contributed by atoms with van der Waals surface area (Å²) in [6, 6.07) is 20.7. The van der Waals surface area contributed by atoms with E-state index >= 15 is 0 Å². The average Bonchev–Trinajstić information content (AvgIpc) is 3.27. The first-order chi connectivity index (χ1) is 16.2. The molecule has 0 saturated carbocycles. The lowest BCUT2D eigenvalue weighted by atomic mass is 10.1. The van der Waals surface area contributed by atoms with Crippen LogP contribution in [-0.4, -0.2) is 68.9 Å². The molecule has 1 aliphatic heterocycles. The summed E-state index contributed by atoms with van der Waals surface area (Å²) in [4.78, 5) is 16.9. The standard InChI is InChI=1S/C26H33N5OS/c1-2-29-16-18-30(19-17-29)25(32)15-9-10-20-33-26-28-27-24(21-22-11-5-3-6-12-22)31(26)23-13-7-4-8-14-23/h3-8,11-14H,2,9-10,15-21H2,1H3. The van der Waals surface area contributed by atoms with Crippen LogP contribution in [0.1, 0.15) is 37.6 Å². The van der Waals surface area contributed by atoms with Gasteiger partial charge in [-0.05, 0) is 37.1 Å². The van der Waals surface area contributed by atoms with Crippen molar-refractivity contribution >= 4 is 17.7 Å². The number of hydrogen-bond donors (Lipinski definition) is 0. The largest absolute Gasteiger partial charge is 0.340 e. The lowest BCUT2D eigenvalue weighted by Crippen LogP contribution is -2.48. The van der Waals surface area contributed by atoms with E-state index in [2.05, 4.69) is 63.0 Å². The van der Waals surface area contributed by atoms with Gasteiger partial charge in [-0.3, -0.25) is 9.36 Å². The Kier molecular flexibility index (Phi) is 8.55. The smallest absolute Gasteiger partial charge is 0.222 e. The average molecular weight is 464 g/mol. The van der Waals surface area contributed by atoms with Crippen LogP contribution in [-0.2, 0) is 11.2 Å². The SMILES string of the molecule is CCN1CCN(C(=O)CCCCSc2nnc(Cc3ccccc3)n2-c2ccccc2)CC1. The lowest BCUT2D eigenvalue weighted by Gasteiger charge is -2.34. The molecule has 0 aliphatic carbocycles. The number of thioether (sulfide) groups is 1. The van der Waals surface area contributed by atoms with E-state index in [1.165, 1.54) is 5.56 Å². The van der Waals surface area contributed by atoms with Crippen molar-refractivity contribution in [3.8, 4) is 5.69 Å². The topological polar surface area (TPSA) is 54.3 Å². The van der Waals surface area contributed by atoms with Gasteiger partial charge in [-0.1, -0.05) is 67.2 Å². The minimum Gasteiger partial charge on any atom is -0.340 e. The number of aromatic nitrogens is 3. The lowest BCUT2D eigenvalue weighted by molar-refractivity contribution is -0.133. The van der Waals surface area contributed by atoms with Gasteiger partial charge in [0.15, 0.2) is 5.16 Å². The molecule has 1 aliphatic rings. The molecule has 0 radical (unpaired) electrons. The molecule has 174 valence electrons. The summed E-state index contributed by atoms with van der Waals surface area (Å²) in [5, 5.41) is 9.93. The zero-order valence-corrected chi connectivity index (χ0v) is 20.2. The number of para-hydroxylation sites is 1. The Balaban J connectivity index is 1.31. The summed E-state index contributed by atoms with van der Waals surface area (Å²) >= 11 is 1.72. The van der Waals surface area contributed by atoms with Crippen LogP contribution in [0.25, 0.3) is 5.69 Å². The molecule has 2 aromatic carbocycles. The third-order valence-electron chi connectivity index (χ3n) is 6.11. The number of carbonyl (C=O) groups excluding carboxylic acids is 1. The van der Waals surface area contributed by atoms with E-state index in [-0.39, 0.29) is 0 Å². The molecule has 7 heteroatoms.